The third-order valence-corrected chi connectivity index (χ3v) is 4.19. The lowest BCUT2D eigenvalue weighted by Gasteiger charge is -2.30. The quantitative estimate of drug-likeness (QED) is 0.357. The van der Waals surface area contributed by atoms with Crippen molar-refractivity contribution in [1.29, 1.82) is 0 Å². The molecule has 7 heteroatoms. The average Bonchev–Trinajstić information content (AvgIpc) is 2.53. The van der Waals surface area contributed by atoms with Crippen molar-refractivity contribution in [3.63, 3.8) is 0 Å². The van der Waals surface area contributed by atoms with E-state index in [1.165, 1.54) is 0 Å². The van der Waals surface area contributed by atoms with E-state index in [2.05, 4.69) is 41.4 Å². The first-order valence-corrected chi connectivity index (χ1v) is 8.78. The average molecular weight is 478 g/mol. The molecule has 1 heterocycles. The number of hydrogen-bond acceptors (Lipinski definition) is 4. The minimum atomic E-state index is 0. The molecule has 0 saturated carbocycles. The number of rotatable bonds is 7. The summed E-state index contributed by atoms with van der Waals surface area (Å²) in [6, 6.07) is 0. The summed E-state index contributed by atoms with van der Waals surface area (Å²) in [5, 5.41) is 6.63. The molecule has 0 aromatic carbocycles. The summed E-state index contributed by atoms with van der Waals surface area (Å²) >= 11 is 0. The molecule has 0 spiro atoms. The molecule has 0 amide bonds. The van der Waals surface area contributed by atoms with E-state index in [9.17, 15) is 0 Å². The van der Waals surface area contributed by atoms with Crippen LogP contribution in [0.3, 0.4) is 0 Å². The van der Waals surface area contributed by atoms with Gasteiger partial charge in [-0.2, -0.15) is 0 Å². The van der Waals surface area contributed by atoms with Gasteiger partial charge in [0.05, 0.1) is 25.5 Å². The van der Waals surface area contributed by atoms with Gasteiger partial charge < -0.3 is 20.1 Å². The highest BCUT2D eigenvalue weighted by molar-refractivity contribution is 14.0. The van der Waals surface area contributed by atoms with Crippen LogP contribution in [0.25, 0.3) is 0 Å². The van der Waals surface area contributed by atoms with E-state index < -0.39 is 0 Å². The molecule has 1 unspecified atom stereocenters. The summed E-state index contributed by atoms with van der Waals surface area (Å²) in [6.07, 6.45) is 1.92. The van der Waals surface area contributed by atoms with Gasteiger partial charge in [-0.15, -0.1) is 24.0 Å². The Hall–Kier alpha value is -1.09. The van der Waals surface area contributed by atoms with E-state index in [0.29, 0.717) is 13.1 Å². The summed E-state index contributed by atoms with van der Waals surface area (Å²) in [7, 11) is 3.43. The van der Waals surface area contributed by atoms with E-state index in [1.807, 2.05) is 27.0 Å². The van der Waals surface area contributed by atoms with Crippen molar-refractivity contribution < 1.29 is 9.47 Å². The zero-order valence-electron chi connectivity index (χ0n) is 17.4. The Bertz CT molecular complexity index is 586. The maximum absolute atomic E-state index is 5.59. The van der Waals surface area contributed by atoms with Crippen molar-refractivity contribution in [2.45, 2.75) is 54.2 Å². The lowest BCUT2D eigenvalue weighted by Crippen LogP contribution is -2.45. The van der Waals surface area contributed by atoms with Gasteiger partial charge in [-0.25, -0.2) is 4.99 Å². The summed E-state index contributed by atoms with van der Waals surface area (Å²) in [5.41, 5.74) is 3.04. The van der Waals surface area contributed by atoms with Gasteiger partial charge in [0, 0.05) is 37.5 Å². The van der Waals surface area contributed by atoms with Crippen LogP contribution in [-0.4, -0.2) is 44.4 Å². The Morgan fingerprint density at radius 3 is 2.38 bits per heavy atom. The predicted molar refractivity (Wildman–Crippen MR) is 119 cm³/mol. The van der Waals surface area contributed by atoms with E-state index >= 15 is 0 Å². The summed E-state index contributed by atoms with van der Waals surface area (Å²) in [6.45, 7) is 14.5. The number of halogens is 1. The molecule has 1 atom stereocenters. The van der Waals surface area contributed by atoms with Crippen LogP contribution >= 0.6 is 24.0 Å². The van der Waals surface area contributed by atoms with Crippen LogP contribution in [0.1, 0.15) is 44.5 Å². The largest absolute Gasteiger partial charge is 0.496 e. The first-order valence-electron chi connectivity index (χ1n) is 8.78. The number of aryl methyl sites for hydroxylation is 1. The molecular formula is C19H35IN4O2. The number of aromatic nitrogens is 1. The fourth-order valence-corrected chi connectivity index (χ4v) is 2.66. The molecule has 6 nitrogen and oxygen atoms in total. The number of methoxy groups -OCH3 is 2. The third-order valence-electron chi connectivity index (χ3n) is 4.19. The van der Waals surface area contributed by atoms with Crippen molar-refractivity contribution >= 4 is 29.9 Å². The topological polar surface area (TPSA) is 67.8 Å². The molecule has 0 radical (unpaired) electrons. The number of guanidine groups is 1. The van der Waals surface area contributed by atoms with Crippen LogP contribution in [0, 0.1) is 19.3 Å². The van der Waals surface area contributed by atoms with Gasteiger partial charge in [-0.05, 0) is 26.2 Å². The molecule has 0 fully saturated rings. The molecule has 0 saturated heterocycles. The molecule has 2 N–H and O–H groups in total. The van der Waals surface area contributed by atoms with Gasteiger partial charge in [-0.3, -0.25) is 4.98 Å². The zero-order valence-corrected chi connectivity index (χ0v) is 19.7. The predicted octanol–water partition coefficient (Wildman–Crippen LogP) is 3.44. The summed E-state index contributed by atoms with van der Waals surface area (Å²) < 4.78 is 11.1. The second-order valence-corrected chi connectivity index (χ2v) is 7.21. The highest BCUT2D eigenvalue weighted by Gasteiger charge is 2.24. The van der Waals surface area contributed by atoms with Crippen molar-refractivity contribution in [2.24, 2.45) is 10.4 Å². The monoisotopic (exact) mass is 478 g/mol. The Morgan fingerprint density at radius 1 is 1.23 bits per heavy atom. The van der Waals surface area contributed by atoms with Crippen molar-refractivity contribution in [2.75, 3.05) is 27.3 Å². The van der Waals surface area contributed by atoms with E-state index in [1.54, 1.807) is 14.2 Å². The van der Waals surface area contributed by atoms with Gasteiger partial charge in [0.15, 0.2) is 5.96 Å². The van der Waals surface area contributed by atoms with Gasteiger partial charge in [0.25, 0.3) is 0 Å². The maximum atomic E-state index is 5.59. The lowest BCUT2D eigenvalue weighted by molar-refractivity contribution is 0.0205. The minimum absolute atomic E-state index is 0. The van der Waals surface area contributed by atoms with Gasteiger partial charge >= 0.3 is 0 Å². The zero-order chi connectivity index (χ0) is 19.0. The van der Waals surface area contributed by atoms with Crippen LogP contribution in [-0.2, 0) is 11.3 Å². The lowest BCUT2D eigenvalue weighted by atomic mass is 9.89. The second kappa shape index (κ2) is 11.6. The molecule has 0 aliphatic heterocycles. The summed E-state index contributed by atoms with van der Waals surface area (Å²) in [5.74, 6) is 1.64. The fraction of sp³-hybridized carbons (Fsp3) is 0.684. The molecular weight excluding hydrogens is 443 g/mol. The van der Waals surface area contributed by atoms with E-state index in [-0.39, 0.29) is 35.5 Å². The van der Waals surface area contributed by atoms with Gasteiger partial charge in [-0.1, -0.05) is 20.8 Å². The Labute approximate surface area is 175 Å². The van der Waals surface area contributed by atoms with Crippen molar-refractivity contribution in [1.82, 2.24) is 15.6 Å². The minimum Gasteiger partial charge on any atom is -0.496 e. The molecule has 150 valence electrons. The van der Waals surface area contributed by atoms with Crippen LogP contribution in [0.15, 0.2) is 11.2 Å². The first-order chi connectivity index (χ1) is 11.7. The van der Waals surface area contributed by atoms with Gasteiger partial charge in [0.1, 0.15) is 5.75 Å². The highest BCUT2D eigenvalue weighted by atomic mass is 127. The molecule has 1 rings (SSSR count). The first kappa shape index (κ1) is 24.9. The molecule has 0 bridgehead atoms. The number of pyridine rings is 1. The van der Waals surface area contributed by atoms with Crippen molar-refractivity contribution in [3.05, 3.63) is 23.0 Å². The van der Waals surface area contributed by atoms with Gasteiger partial charge in [0.2, 0.25) is 0 Å². The Kier molecular flexibility index (Phi) is 11.1. The van der Waals surface area contributed by atoms with Crippen LogP contribution < -0.4 is 15.4 Å². The second-order valence-electron chi connectivity index (χ2n) is 7.21. The van der Waals surface area contributed by atoms with E-state index in [4.69, 9.17) is 9.47 Å². The highest BCUT2D eigenvalue weighted by Crippen LogP contribution is 2.24. The van der Waals surface area contributed by atoms with Crippen LogP contribution in [0.4, 0.5) is 0 Å². The smallest absolute Gasteiger partial charge is 0.191 e. The Balaban J connectivity index is 0.00000625. The molecule has 1 aromatic rings. The number of aliphatic imine (C=N–C) groups is 1. The molecule has 1 aromatic heterocycles. The molecule has 0 aliphatic rings. The third kappa shape index (κ3) is 7.26. The summed E-state index contributed by atoms with van der Waals surface area (Å²) in [4.78, 5) is 9.16. The van der Waals surface area contributed by atoms with Crippen LogP contribution in [0.5, 0.6) is 5.75 Å². The van der Waals surface area contributed by atoms with Crippen LogP contribution in [0.2, 0.25) is 0 Å². The molecule has 0 aliphatic carbocycles. The van der Waals surface area contributed by atoms with Crippen molar-refractivity contribution in [3.8, 4) is 5.75 Å². The number of nitrogens with one attached hydrogen (secondary N) is 2. The van der Waals surface area contributed by atoms with E-state index in [0.717, 1.165) is 35.1 Å². The normalized spacial score (nSPS) is 13.0. The number of nitrogens with zero attached hydrogens (tertiary/aromatic N) is 2. The molecule has 26 heavy (non-hydrogen) atoms. The Morgan fingerprint density at radius 2 is 1.88 bits per heavy atom. The fourth-order valence-electron chi connectivity index (χ4n) is 2.66. The SMILES string of the molecule is CCNC(=NCc1ncc(C)c(OC)c1C)NCC(OC)C(C)(C)C.I. The maximum Gasteiger partial charge on any atom is 0.191 e. The standard InChI is InChI=1S/C19H34N4O2.HI/c1-9-20-18(23-12-16(24-7)19(4,5)6)22-11-15-14(3)17(25-8)13(2)10-21-15;/h10,16H,9,11-12H2,1-8H3,(H2,20,22,23);1H. The number of ether oxygens (including phenoxy) is 2. The number of hydrogen-bond donors (Lipinski definition) is 2.